The largest absolute Gasteiger partial charge is 0.481 e. The summed E-state index contributed by atoms with van der Waals surface area (Å²) in [5, 5.41) is 25.1. The number of carbonyl (C=O) groups is 6. The lowest BCUT2D eigenvalue weighted by Gasteiger charge is -2.51. The first-order chi connectivity index (χ1) is 43.2. The van der Waals surface area contributed by atoms with Crippen molar-refractivity contribution in [1.29, 1.82) is 0 Å². The van der Waals surface area contributed by atoms with Gasteiger partial charge in [0.25, 0.3) is 0 Å². The first-order valence-corrected chi connectivity index (χ1v) is 33.9. The minimum Gasteiger partial charge on any atom is -0.481 e. The number of carboxylic acid groups (broad SMARTS) is 1. The number of nitrogens with one attached hydrogen (secondary N) is 2. The van der Waals surface area contributed by atoms with Gasteiger partial charge in [-0.1, -0.05) is 121 Å². The Morgan fingerprint density at radius 3 is 1.39 bits per heavy atom. The second-order valence-corrected chi connectivity index (χ2v) is 31.1. The number of aliphatic carboxylic acids is 1. The minimum absolute atomic E-state index is 0. The maximum Gasteiger partial charge on any atom is 0.340 e. The van der Waals surface area contributed by atoms with E-state index >= 15 is 8.78 Å². The zero-order chi connectivity index (χ0) is 64.7. The number of nitrogens with zero attached hydrogens (tertiary/aromatic N) is 2. The van der Waals surface area contributed by atoms with Crippen LogP contribution in [0.5, 0.6) is 0 Å². The van der Waals surface area contributed by atoms with E-state index in [4.69, 9.17) is 57.0 Å². The topological polar surface area (TPSA) is 216 Å². The molecule has 14 nitrogen and oxygen atoms in total. The molecule has 6 atom stereocenters. The Morgan fingerprint density at radius 1 is 0.587 bits per heavy atom. The van der Waals surface area contributed by atoms with Crippen LogP contribution in [0.25, 0.3) is 0 Å². The Hall–Kier alpha value is -5.49. The highest BCUT2D eigenvalue weighted by molar-refractivity contribution is 6.32. The van der Waals surface area contributed by atoms with Crippen molar-refractivity contribution in [2.75, 3.05) is 10.6 Å². The Balaban J connectivity index is 0.000000161. The fourth-order valence-corrected chi connectivity index (χ4v) is 19.3. The third-order valence-corrected chi connectivity index (χ3v) is 24.4. The van der Waals surface area contributed by atoms with E-state index in [0.29, 0.717) is 83.0 Å². The number of halogens is 7. The standard InChI is InChI=1S/C36H39Cl2FN2O4.C26H26Cl2FNO3.C9H14N2O2.ClH/c1-34(2)12-14-35(15-13-34)19-24(29(42)16-20-6-8-21(9-7-20)27-18-30(43)45-41-27)31(23-4-3-5-26(38)32(23)39)36(35)25-11-10-22(37)17-28(25)40-33(36)44;1-24(2)8-10-25(11-9-24)13-16(22(31)32)20(15-4-3-5-18(28)21(15)29)26(25)17-7-6-14(27)12-19(17)30-23(26)33;10-7-3-1-6(2-4-7)8-5-9(12)13-11-8;/h3-5,10-11,17,20-21,24,31H,6-9,12-16,18-19H2,1-2H3,(H,40,44);3-7,12,16,20H,8-11,13H2,1-2H3,(H,30,33)(H,31,32);6-7H,1-5,10H2;1H/t20?,21?,24-,31-,36+;16-,20+,26?;;/m01../s1. The van der Waals surface area contributed by atoms with Crippen molar-refractivity contribution in [3.63, 3.8) is 0 Å². The second-order valence-electron chi connectivity index (χ2n) is 29.4. The normalized spacial score (nSPS) is 30.8. The van der Waals surface area contributed by atoms with Gasteiger partial charge in [-0.25, -0.2) is 18.4 Å². The van der Waals surface area contributed by atoms with Crippen molar-refractivity contribution in [2.24, 2.45) is 67.3 Å². The zero-order valence-electron chi connectivity index (χ0n) is 52.3. The van der Waals surface area contributed by atoms with E-state index in [1.165, 1.54) is 12.1 Å². The molecule has 92 heavy (non-hydrogen) atoms. The molecule has 0 saturated heterocycles. The van der Waals surface area contributed by atoms with Gasteiger partial charge in [0.15, 0.2) is 0 Å². The zero-order valence-corrected chi connectivity index (χ0v) is 56.1. The van der Waals surface area contributed by atoms with Gasteiger partial charge >= 0.3 is 17.9 Å². The van der Waals surface area contributed by atoms with Gasteiger partial charge in [0, 0.05) is 63.5 Å². The van der Waals surface area contributed by atoms with E-state index in [2.05, 4.69) is 53.5 Å². The third-order valence-electron chi connectivity index (χ3n) is 23.4. The lowest BCUT2D eigenvalue weighted by atomic mass is 9.51. The van der Waals surface area contributed by atoms with Crippen molar-refractivity contribution >= 4 is 117 Å². The van der Waals surface area contributed by atoms with Crippen LogP contribution in [-0.4, -0.2) is 58.1 Å². The van der Waals surface area contributed by atoms with Gasteiger partial charge in [-0.05, 0) is 202 Å². The fourth-order valence-electron chi connectivity index (χ4n) is 18.6. The summed E-state index contributed by atoms with van der Waals surface area (Å²) in [4.78, 5) is 87.7. The van der Waals surface area contributed by atoms with Crippen molar-refractivity contribution in [3.05, 3.63) is 127 Å². The molecule has 6 fully saturated rings. The van der Waals surface area contributed by atoms with Gasteiger partial charge in [0.1, 0.15) is 17.4 Å². The fraction of sp³-hybridized carbons (Fsp3) is 0.549. The predicted molar refractivity (Wildman–Crippen MR) is 354 cm³/mol. The molecule has 492 valence electrons. The number of anilines is 2. The molecule has 1 unspecified atom stereocenters. The summed E-state index contributed by atoms with van der Waals surface area (Å²) in [6.07, 6.45) is 15.9. The molecule has 10 aliphatic rings. The number of nitrogens with two attached hydrogens (primary N) is 1. The van der Waals surface area contributed by atoms with Gasteiger partial charge in [-0.15, -0.1) is 12.4 Å². The molecule has 14 rings (SSSR count). The molecule has 4 aromatic rings. The highest BCUT2D eigenvalue weighted by Gasteiger charge is 2.74. The summed E-state index contributed by atoms with van der Waals surface area (Å²) in [5.74, 6) is -5.36. The summed E-state index contributed by atoms with van der Waals surface area (Å²) in [6.45, 7) is 8.92. The Morgan fingerprint density at radius 2 is 0.989 bits per heavy atom. The second kappa shape index (κ2) is 25.9. The predicted octanol–water partition coefficient (Wildman–Crippen LogP) is 16.8. The van der Waals surface area contributed by atoms with Gasteiger partial charge in [0.05, 0.1) is 51.1 Å². The number of ketones is 1. The quantitative estimate of drug-likeness (QED) is 0.122. The summed E-state index contributed by atoms with van der Waals surface area (Å²) in [5.41, 5.74) is 7.50. The van der Waals surface area contributed by atoms with Crippen LogP contribution in [0.15, 0.2) is 83.1 Å². The molecule has 5 N–H and O–H groups in total. The Bertz CT molecular complexity index is 3670. The van der Waals surface area contributed by atoms with Crippen molar-refractivity contribution in [2.45, 2.75) is 191 Å². The number of hydrogen-bond donors (Lipinski definition) is 4. The summed E-state index contributed by atoms with van der Waals surface area (Å²) in [7, 11) is 0. The SMILES string of the molecule is CC1(C)CCC2(CC1)C[C@@H](C(=O)CC1CCC(C3=NOC(=O)C3)CC1)[C@H](c1cccc(Cl)c1F)[C@]21C(=O)Nc2cc(Cl)ccc21.CC1(C)CCC2(CC1)C[C@@H](C(=O)O)[C@H](c1cccc(Cl)c1F)C21C(=O)Nc2cc(Cl)ccc21.Cl.NC1CCC(C2=NOC(=O)C2)CC1. The van der Waals surface area contributed by atoms with Crippen molar-refractivity contribution < 1.29 is 52.3 Å². The lowest BCUT2D eigenvalue weighted by Crippen LogP contribution is -2.52. The van der Waals surface area contributed by atoms with E-state index in [-0.39, 0.29) is 86.6 Å². The van der Waals surface area contributed by atoms with Crippen LogP contribution in [0.3, 0.4) is 0 Å². The maximum atomic E-state index is 16.2. The average Bonchev–Trinajstić information content (AvgIpc) is 1.51. The van der Waals surface area contributed by atoms with E-state index in [1.54, 1.807) is 48.5 Å². The van der Waals surface area contributed by atoms with Crippen molar-refractivity contribution in [3.8, 4) is 0 Å². The van der Waals surface area contributed by atoms with Gasteiger partial charge in [-0.3, -0.25) is 19.2 Å². The molecule has 6 saturated carbocycles. The molecule has 21 heteroatoms. The number of carbonyl (C=O) groups excluding carboxylic acids is 5. The number of fused-ring (bicyclic) bond motifs is 6. The van der Waals surface area contributed by atoms with E-state index in [9.17, 15) is 33.9 Å². The summed E-state index contributed by atoms with van der Waals surface area (Å²) >= 11 is 25.2. The van der Waals surface area contributed by atoms with Gasteiger partial charge < -0.3 is 31.1 Å². The number of rotatable bonds is 8. The maximum absolute atomic E-state index is 16.2. The third kappa shape index (κ3) is 11.9. The molecule has 4 aliphatic heterocycles. The molecule has 4 aromatic carbocycles. The lowest BCUT2D eigenvalue weighted by molar-refractivity contribution is -0.143. The molecule has 0 radical (unpaired) electrons. The highest BCUT2D eigenvalue weighted by Crippen LogP contribution is 2.74. The molecule has 2 amide bonds. The van der Waals surface area contributed by atoms with Crippen LogP contribution in [0.4, 0.5) is 20.2 Å². The van der Waals surface area contributed by atoms with E-state index < -0.39 is 62.9 Å². The Labute approximate surface area is 562 Å². The van der Waals surface area contributed by atoms with Crippen LogP contribution in [-0.2, 0) is 49.3 Å². The van der Waals surface area contributed by atoms with Crippen LogP contribution in [0.2, 0.25) is 20.1 Å². The van der Waals surface area contributed by atoms with E-state index in [1.807, 2.05) is 12.1 Å². The number of Topliss-reactive ketones (excluding diaryl/α,β-unsaturated/α-hetero) is 1. The molecular weight excluding hydrogens is 1280 g/mol. The monoisotopic (exact) mass is 1360 g/mol. The molecular formula is C71H80Cl5F2N5O9. The van der Waals surface area contributed by atoms with Crippen LogP contribution in [0.1, 0.15) is 197 Å². The first-order valence-electron chi connectivity index (χ1n) is 32.4. The highest BCUT2D eigenvalue weighted by atomic mass is 35.5. The average molecular weight is 1360 g/mol. The molecule has 4 heterocycles. The number of carboxylic acids is 1. The van der Waals surface area contributed by atoms with Gasteiger partial charge in [0.2, 0.25) is 11.8 Å². The molecule has 6 aliphatic carbocycles. The summed E-state index contributed by atoms with van der Waals surface area (Å²) < 4.78 is 31.7. The minimum atomic E-state index is -1.22. The number of benzene rings is 4. The Kier molecular flexibility index (Phi) is 19.1. The molecule has 0 aromatic heterocycles. The van der Waals surface area contributed by atoms with E-state index in [0.717, 1.165) is 107 Å². The smallest absolute Gasteiger partial charge is 0.340 e. The summed E-state index contributed by atoms with van der Waals surface area (Å²) in [6, 6.07) is 20.7. The number of hydrogen-bond acceptors (Lipinski definition) is 11. The molecule has 4 spiro atoms. The number of amides is 2. The van der Waals surface area contributed by atoms with Gasteiger partial charge in [-0.2, -0.15) is 0 Å². The molecule has 0 bridgehead atoms. The van der Waals surface area contributed by atoms with Crippen LogP contribution < -0.4 is 16.4 Å². The van der Waals surface area contributed by atoms with Crippen LogP contribution in [0, 0.1) is 62.9 Å². The number of oxime groups is 2. The first kappa shape index (κ1) is 67.9. The van der Waals surface area contributed by atoms with Crippen LogP contribution >= 0.6 is 58.8 Å². The van der Waals surface area contributed by atoms with Crippen molar-refractivity contribution in [1.82, 2.24) is 0 Å².